The molecule has 0 fully saturated rings. The smallest absolute Gasteiger partial charge is 0.163 e. The Hall–Kier alpha value is -0.860. The molecular formula is C12H15ClO2. The van der Waals surface area contributed by atoms with Crippen LogP contribution < -0.4 is 0 Å². The van der Waals surface area contributed by atoms with E-state index < -0.39 is 0 Å². The largest absolute Gasteiger partial charge is 0.384 e. The van der Waals surface area contributed by atoms with Crippen molar-refractivity contribution in [2.45, 2.75) is 13.3 Å². The summed E-state index contributed by atoms with van der Waals surface area (Å²) in [5.41, 5.74) is 0.711. The lowest BCUT2D eigenvalue weighted by atomic mass is 10.0. The van der Waals surface area contributed by atoms with Gasteiger partial charge in [0.15, 0.2) is 5.78 Å². The molecule has 0 aliphatic rings. The van der Waals surface area contributed by atoms with E-state index in [0.29, 0.717) is 23.6 Å². The summed E-state index contributed by atoms with van der Waals surface area (Å²) >= 11 is 5.74. The number of Topliss-reactive ketones (excluding diaryl/α,β-unsaturated/α-hetero) is 1. The Labute approximate surface area is 95.2 Å². The first-order valence-electron chi connectivity index (χ1n) is 4.91. The molecule has 1 aromatic carbocycles. The summed E-state index contributed by atoms with van der Waals surface area (Å²) in [7, 11) is 1.64. The van der Waals surface area contributed by atoms with Crippen molar-refractivity contribution in [2.75, 3.05) is 13.7 Å². The molecule has 0 aromatic heterocycles. The Morgan fingerprint density at radius 3 is 2.53 bits per heavy atom. The molecule has 0 aliphatic heterocycles. The second-order valence-corrected chi connectivity index (χ2v) is 4.13. The van der Waals surface area contributed by atoms with E-state index in [0.717, 1.165) is 0 Å². The first-order chi connectivity index (χ1) is 7.13. The van der Waals surface area contributed by atoms with Gasteiger partial charge in [-0.3, -0.25) is 4.79 Å². The highest BCUT2D eigenvalue weighted by Gasteiger charge is 2.10. The summed E-state index contributed by atoms with van der Waals surface area (Å²) in [4.78, 5) is 11.7. The molecule has 1 rings (SSSR count). The van der Waals surface area contributed by atoms with Crippen LogP contribution in [0.2, 0.25) is 5.02 Å². The first-order valence-corrected chi connectivity index (χ1v) is 5.29. The number of carbonyl (C=O) groups is 1. The number of rotatable bonds is 5. The van der Waals surface area contributed by atoms with E-state index in [1.54, 1.807) is 31.4 Å². The number of hydrogen-bond donors (Lipinski definition) is 0. The maximum atomic E-state index is 11.7. The Kier molecular flexibility index (Phi) is 4.79. The van der Waals surface area contributed by atoms with Crippen molar-refractivity contribution in [3.8, 4) is 0 Å². The van der Waals surface area contributed by atoms with Crippen LogP contribution in [-0.4, -0.2) is 19.5 Å². The van der Waals surface area contributed by atoms with Crippen LogP contribution in [0.5, 0.6) is 0 Å². The van der Waals surface area contributed by atoms with E-state index >= 15 is 0 Å². The molecule has 82 valence electrons. The second-order valence-electron chi connectivity index (χ2n) is 3.69. The minimum atomic E-state index is 0.135. The number of hydrogen-bond acceptors (Lipinski definition) is 2. The van der Waals surface area contributed by atoms with E-state index in [-0.39, 0.29) is 11.7 Å². The summed E-state index contributed by atoms with van der Waals surface area (Å²) < 4.78 is 4.99. The van der Waals surface area contributed by atoms with Gasteiger partial charge in [-0.1, -0.05) is 18.5 Å². The molecule has 0 spiro atoms. The lowest BCUT2D eigenvalue weighted by Gasteiger charge is -2.08. The molecule has 0 aliphatic carbocycles. The van der Waals surface area contributed by atoms with Gasteiger partial charge in [-0.05, 0) is 30.2 Å². The fraction of sp³-hybridized carbons (Fsp3) is 0.417. The van der Waals surface area contributed by atoms with Gasteiger partial charge in [0, 0.05) is 30.7 Å². The zero-order valence-corrected chi connectivity index (χ0v) is 9.75. The highest BCUT2D eigenvalue weighted by atomic mass is 35.5. The Bertz CT molecular complexity index is 319. The molecule has 1 atom stereocenters. The summed E-state index contributed by atoms with van der Waals surface area (Å²) in [6.07, 6.45) is 0.509. The molecule has 1 unspecified atom stereocenters. The minimum Gasteiger partial charge on any atom is -0.384 e. The van der Waals surface area contributed by atoms with Gasteiger partial charge in [0.2, 0.25) is 0 Å². The summed E-state index contributed by atoms with van der Waals surface area (Å²) in [5, 5.41) is 0.650. The summed E-state index contributed by atoms with van der Waals surface area (Å²) in [5.74, 6) is 0.384. The predicted molar refractivity (Wildman–Crippen MR) is 61.4 cm³/mol. The molecule has 3 heteroatoms. The van der Waals surface area contributed by atoms with Crippen molar-refractivity contribution >= 4 is 17.4 Å². The van der Waals surface area contributed by atoms with Crippen molar-refractivity contribution in [1.82, 2.24) is 0 Å². The number of methoxy groups -OCH3 is 1. The van der Waals surface area contributed by atoms with Gasteiger partial charge in [0.25, 0.3) is 0 Å². The molecule has 0 saturated carbocycles. The summed E-state index contributed by atoms with van der Waals surface area (Å²) in [6, 6.07) is 6.97. The zero-order chi connectivity index (χ0) is 11.3. The minimum absolute atomic E-state index is 0.135. The quantitative estimate of drug-likeness (QED) is 0.721. The Balaban J connectivity index is 2.57. The van der Waals surface area contributed by atoms with Crippen LogP contribution in [-0.2, 0) is 4.74 Å². The highest BCUT2D eigenvalue weighted by Crippen LogP contribution is 2.13. The third-order valence-corrected chi connectivity index (χ3v) is 2.40. The number of ketones is 1. The number of halogens is 1. The Morgan fingerprint density at radius 2 is 2.00 bits per heavy atom. The average Bonchev–Trinajstić information content (AvgIpc) is 2.18. The monoisotopic (exact) mass is 226 g/mol. The van der Waals surface area contributed by atoms with Crippen LogP contribution >= 0.6 is 11.6 Å². The van der Waals surface area contributed by atoms with Crippen LogP contribution in [0.3, 0.4) is 0 Å². The van der Waals surface area contributed by atoms with Crippen molar-refractivity contribution in [2.24, 2.45) is 5.92 Å². The van der Waals surface area contributed by atoms with Gasteiger partial charge in [-0.2, -0.15) is 0 Å². The van der Waals surface area contributed by atoms with Crippen LogP contribution in [0.15, 0.2) is 24.3 Å². The van der Waals surface area contributed by atoms with E-state index in [4.69, 9.17) is 16.3 Å². The molecule has 0 radical (unpaired) electrons. The molecular weight excluding hydrogens is 212 g/mol. The van der Waals surface area contributed by atoms with Crippen molar-refractivity contribution in [3.63, 3.8) is 0 Å². The third kappa shape index (κ3) is 4.02. The molecule has 0 saturated heterocycles. The molecule has 0 heterocycles. The van der Waals surface area contributed by atoms with E-state index in [2.05, 4.69) is 0 Å². The molecule has 0 N–H and O–H groups in total. The first kappa shape index (κ1) is 12.2. The van der Waals surface area contributed by atoms with Crippen molar-refractivity contribution in [3.05, 3.63) is 34.9 Å². The van der Waals surface area contributed by atoms with Gasteiger partial charge in [0.05, 0.1) is 0 Å². The van der Waals surface area contributed by atoms with E-state index in [1.807, 2.05) is 6.92 Å². The van der Waals surface area contributed by atoms with Gasteiger partial charge >= 0.3 is 0 Å². The molecule has 0 bridgehead atoms. The van der Waals surface area contributed by atoms with Crippen molar-refractivity contribution in [1.29, 1.82) is 0 Å². The SMILES string of the molecule is COCC(C)CC(=O)c1ccc(Cl)cc1. The van der Waals surface area contributed by atoms with Crippen LogP contribution in [0.1, 0.15) is 23.7 Å². The fourth-order valence-electron chi connectivity index (χ4n) is 1.41. The van der Waals surface area contributed by atoms with E-state index in [1.165, 1.54) is 0 Å². The van der Waals surface area contributed by atoms with E-state index in [9.17, 15) is 4.79 Å². The van der Waals surface area contributed by atoms with Crippen LogP contribution in [0.25, 0.3) is 0 Å². The van der Waals surface area contributed by atoms with Gasteiger partial charge in [-0.15, -0.1) is 0 Å². The van der Waals surface area contributed by atoms with Crippen molar-refractivity contribution < 1.29 is 9.53 Å². The van der Waals surface area contributed by atoms with Crippen LogP contribution in [0.4, 0.5) is 0 Å². The maximum Gasteiger partial charge on any atom is 0.163 e. The Morgan fingerprint density at radius 1 is 1.40 bits per heavy atom. The molecule has 15 heavy (non-hydrogen) atoms. The normalized spacial score (nSPS) is 12.5. The molecule has 0 amide bonds. The van der Waals surface area contributed by atoms with Gasteiger partial charge in [0.1, 0.15) is 0 Å². The lowest BCUT2D eigenvalue weighted by Crippen LogP contribution is -2.10. The number of carbonyl (C=O) groups excluding carboxylic acids is 1. The maximum absolute atomic E-state index is 11.7. The zero-order valence-electron chi connectivity index (χ0n) is 9.00. The number of benzene rings is 1. The van der Waals surface area contributed by atoms with Crippen LogP contribution in [0, 0.1) is 5.92 Å². The second kappa shape index (κ2) is 5.89. The standard InChI is InChI=1S/C12H15ClO2/c1-9(8-15-2)7-12(14)10-3-5-11(13)6-4-10/h3-6,9H,7-8H2,1-2H3. The lowest BCUT2D eigenvalue weighted by molar-refractivity contribution is 0.0920. The predicted octanol–water partition coefficient (Wildman–Crippen LogP) is 3.20. The average molecular weight is 227 g/mol. The number of ether oxygens (including phenoxy) is 1. The molecule has 1 aromatic rings. The van der Waals surface area contributed by atoms with Gasteiger partial charge in [-0.25, -0.2) is 0 Å². The summed E-state index contributed by atoms with van der Waals surface area (Å²) in [6.45, 7) is 2.61. The molecule has 2 nitrogen and oxygen atoms in total. The third-order valence-electron chi connectivity index (χ3n) is 2.15. The van der Waals surface area contributed by atoms with Gasteiger partial charge < -0.3 is 4.74 Å². The topological polar surface area (TPSA) is 26.3 Å². The fourth-order valence-corrected chi connectivity index (χ4v) is 1.54. The highest BCUT2D eigenvalue weighted by molar-refractivity contribution is 6.30.